The van der Waals surface area contributed by atoms with Gasteiger partial charge in [-0.3, -0.25) is 4.98 Å². The molecule has 0 N–H and O–H groups in total. The van der Waals surface area contributed by atoms with Gasteiger partial charge in [-0.15, -0.1) is 0 Å². The van der Waals surface area contributed by atoms with Crippen LogP contribution < -0.4 is 0 Å². The Morgan fingerprint density at radius 3 is 2.65 bits per heavy atom. The molecule has 0 bridgehead atoms. The van der Waals surface area contributed by atoms with E-state index in [0.29, 0.717) is 0 Å². The van der Waals surface area contributed by atoms with Crippen molar-refractivity contribution in [3.63, 3.8) is 0 Å². The first-order valence-corrected chi connectivity index (χ1v) is 7.52. The fourth-order valence-electron chi connectivity index (χ4n) is 1.59. The minimum absolute atomic E-state index is 0.274. The monoisotopic (exact) mass is 421 g/mol. The molecule has 0 spiro atoms. The van der Waals surface area contributed by atoms with E-state index in [4.69, 9.17) is 11.6 Å². The lowest BCUT2D eigenvalue weighted by atomic mass is 10.1. The first kappa shape index (κ1) is 13.3. The molecule has 0 amide bonds. The average Bonchev–Trinajstić information content (AvgIpc) is 2.33. The number of benzene rings is 1. The van der Waals surface area contributed by atoms with Gasteiger partial charge in [0.25, 0.3) is 0 Å². The number of aromatic nitrogens is 1. The maximum absolute atomic E-state index is 6.03. The predicted molar refractivity (Wildman–Crippen MR) is 83.8 cm³/mol. The van der Waals surface area contributed by atoms with Crippen molar-refractivity contribution in [1.82, 2.24) is 4.98 Å². The minimum Gasteiger partial charge on any atom is -0.265 e. The van der Waals surface area contributed by atoms with Gasteiger partial charge in [-0.1, -0.05) is 27.5 Å². The van der Waals surface area contributed by atoms with Crippen LogP contribution in [0.5, 0.6) is 0 Å². The molecule has 2 aromatic rings. The van der Waals surface area contributed by atoms with Gasteiger partial charge in [0, 0.05) is 25.8 Å². The number of pyridine rings is 1. The molecule has 1 aromatic heterocycles. The molecule has 1 nitrogen and oxygen atoms in total. The molecule has 88 valence electrons. The lowest BCUT2D eigenvalue weighted by Crippen LogP contribution is -1.98. The highest BCUT2D eigenvalue weighted by Crippen LogP contribution is 2.32. The average molecular weight is 422 g/mol. The van der Waals surface area contributed by atoms with Crippen molar-refractivity contribution in [2.45, 2.75) is 11.2 Å². The van der Waals surface area contributed by atoms with E-state index in [1.54, 1.807) is 0 Å². The molecule has 0 aliphatic rings. The zero-order valence-electron chi connectivity index (χ0n) is 8.91. The van der Waals surface area contributed by atoms with E-state index >= 15 is 0 Å². The lowest BCUT2D eigenvalue weighted by molar-refractivity contribution is 0.938. The summed E-state index contributed by atoms with van der Waals surface area (Å²) in [5.41, 5.74) is 2.49. The third-order valence-electron chi connectivity index (χ3n) is 2.46. The van der Waals surface area contributed by atoms with E-state index in [2.05, 4.69) is 43.5 Å². The molecule has 0 fully saturated rings. The molecule has 1 heterocycles. The Bertz CT molecular complexity index is 504. The summed E-state index contributed by atoms with van der Waals surface area (Å²) in [6.45, 7) is 0. The van der Waals surface area contributed by atoms with Crippen LogP contribution in [0, 0.1) is 3.57 Å². The van der Waals surface area contributed by atoms with Crippen LogP contribution in [0.25, 0.3) is 0 Å². The predicted octanol–water partition coefficient (Wildman–Crippen LogP) is 5.02. The first-order chi connectivity index (χ1) is 8.16. The lowest BCUT2D eigenvalue weighted by Gasteiger charge is -2.12. The SMILES string of the molecule is Clc1ccc(I)c(C(Br)Cc2ccncc2)c1. The first-order valence-electron chi connectivity index (χ1n) is 5.15. The standard InChI is InChI=1S/C13H10BrClIN/c14-12(7-9-3-5-17-6-4-9)11-8-10(15)1-2-13(11)16/h1-6,8,12H,7H2. The number of halogens is 3. The van der Waals surface area contributed by atoms with Crippen LogP contribution in [0.15, 0.2) is 42.7 Å². The molecule has 4 heteroatoms. The maximum Gasteiger partial charge on any atom is 0.0446 e. The van der Waals surface area contributed by atoms with Gasteiger partial charge < -0.3 is 0 Å². The van der Waals surface area contributed by atoms with E-state index in [1.165, 1.54) is 14.7 Å². The van der Waals surface area contributed by atoms with Crippen LogP contribution >= 0.6 is 50.1 Å². The maximum atomic E-state index is 6.03. The third-order valence-corrected chi connectivity index (χ3v) is 4.49. The Hall–Kier alpha value is -0.130. The van der Waals surface area contributed by atoms with Crippen LogP contribution in [0.4, 0.5) is 0 Å². The summed E-state index contributed by atoms with van der Waals surface area (Å²) in [5.74, 6) is 0. The molecular formula is C13H10BrClIN. The minimum atomic E-state index is 0.274. The summed E-state index contributed by atoms with van der Waals surface area (Å²) in [7, 11) is 0. The molecule has 0 saturated carbocycles. The summed E-state index contributed by atoms with van der Waals surface area (Å²) in [5, 5.41) is 0.777. The molecule has 0 aliphatic carbocycles. The Morgan fingerprint density at radius 2 is 1.94 bits per heavy atom. The summed E-state index contributed by atoms with van der Waals surface area (Å²) in [6.07, 6.45) is 4.56. The van der Waals surface area contributed by atoms with Gasteiger partial charge in [-0.05, 0) is 70.5 Å². The van der Waals surface area contributed by atoms with Crippen molar-refractivity contribution in [3.05, 3.63) is 62.4 Å². The van der Waals surface area contributed by atoms with Crippen LogP contribution in [-0.4, -0.2) is 4.98 Å². The molecule has 1 unspecified atom stereocenters. The number of alkyl halides is 1. The van der Waals surface area contributed by atoms with Gasteiger partial charge in [0.05, 0.1) is 0 Å². The summed E-state index contributed by atoms with van der Waals surface area (Å²) in [4.78, 5) is 4.29. The summed E-state index contributed by atoms with van der Waals surface area (Å²) in [6, 6.07) is 10.0. The van der Waals surface area contributed by atoms with Gasteiger partial charge in [0.15, 0.2) is 0 Å². The highest BCUT2D eigenvalue weighted by molar-refractivity contribution is 14.1. The van der Waals surface area contributed by atoms with Crippen LogP contribution in [0.1, 0.15) is 16.0 Å². The third kappa shape index (κ3) is 3.66. The number of rotatable bonds is 3. The van der Waals surface area contributed by atoms with Crippen molar-refractivity contribution in [2.24, 2.45) is 0 Å². The van der Waals surface area contributed by atoms with E-state index in [-0.39, 0.29) is 4.83 Å². The van der Waals surface area contributed by atoms with Crippen molar-refractivity contribution in [1.29, 1.82) is 0 Å². The number of hydrogen-bond donors (Lipinski definition) is 0. The quantitative estimate of drug-likeness (QED) is 0.500. The molecule has 2 rings (SSSR count). The number of nitrogens with zero attached hydrogens (tertiary/aromatic N) is 1. The highest BCUT2D eigenvalue weighted by Gasteiger charge is 2.12. The summed E-state index contributed by atoms with van der Waals surface area (Å²) < 4.78 is 1.22. The second kappa shape index (κ2) is 6.16. The topological polar surface area (TPSA) is 12.9 Å². The summed E-state index contributed by atoms with van der Waals surface area (Å²) >= 11 is 12.1. The van der Waals surface area contributed by atoms with Gasteiger partial charge in [0.2, 0.25) is 0 Å². The van der Waals surface area contributed by atoms with Gasteiger partial charge in [-0.2, -0.15) is 0 Å². The van der Waals surface area contributed by atoms with Crippen molar-refractivity contribution in [3.8, 4) is 0 Å². The Morgan fingerprint density at radius 1 is 1.24 bits per heavy atom. The molecule has 1 atom stereocenters. The van der Waals surface area contributed by atoms with Crippen LogP contribution in [0.3, 0.4) is 0 Å². The second-order valence-corrected chi connectivity index (χ2v) is 6.40. The normalized spacial score (nSPS) is 12.4. The van der Waals surface area contributed by atoms with E-state index in [0.717, 1.165) is 11.4 Å². The second-order valence-electron chi connectivity index (χ2n) is 3.69. The highest BCUT2D eigenvalue weighted by atomic mass is 127. The molecule has 17 heavy (non-hydrogen) atoms. The molecule has 0 aliphatic heterocycles. The van der Waals surface area contributed by atoms with Gasteiger partial charge >= 0.3 is 0 Å². The molecule has 0 saturated heterocycles. The molecular weight excluding hydrogens is 412 g/mol. The number of hydrogen-bond acceptors (Lipinski definition) is 1. The largest absolute Gasteiger partial charge is 0.265 e. The van der Waals surface area contributed by atoms with Crippen molar-refractivity contribution in [2.75, 3.05) is 0 Å². The fourth-order valence-corrected chi connectivity index (χ4v) is 3.66. The van der Waals surface area contributed by atoms with Crippen LogP contribution in [-0.2, 0) is 6.42 Å². The van der Waals surface area contributed by atoms with Crippen molar-refractivity contribution >= 4 is 50.1 Å². The van der Waals surface area contributed by atoms with E-state index in [9.17, 15) is 0 Å². The zero-order chi connectivity index (χ0) is 12.3. The van der Waals surface area contributed by atoms with Crippen LogP contribution in [0.2, 0.25) is 5.02 Å². The molecule has 0 radical (unpaired) electrons. The van der Waals surface area contributed by atoms with E-state index in [1.807, 2.05) is 42.7 Å². The molecule has 1 aromatic carbocycles. The fraction of sp³-hybridized carbons (Fsp3) is 0.154. The van der Waals surface area contributed by atoms with Gasteiger partial charge in [0.1, 0.15) is 0 Å². The van der Waals surface area contributed by atoms with E-state index < -0.39 is 0 Å². The van der Waals surface area contributed by atoms with Gasteiger partial charge in [-0.25, -0.2) is 0 Å². The Labute approximate surface area is 128 Å². The van der Waals surface area contributed by atoms with Crippen molar-refractivity contribution < 1.29 is 0 Å². The zero-order valence-corrected chi connectivity index (χ0v) is 13.4. The Kier molecular flexibility index (Phi) is 4.82. The Balaban J connectivity index is 2.20. The smallest absolute Gasteiger partial charge is 0.0446 e.